The molecular formula is C9H11N3OS2. The van der Waals surface area contributed by atoms with Crippen LogP contribution < -0.4 is 5.73 Å². The van der Waals surface area contributed by atoms with Crippen LogP contribution in [0.25, 0.3) is 0 Å². The number of anilines is 1. The van der Waals surface area contributed by atoms with Gasteiger partial charge in [0.1, 0.15) is 16.8 Å². The van der Waals surface area contributed by atoms with Gasteiger partial charge in [0.15, 0.2) is 3.95 Å². The first-order valence-electron chi connectivity index (χ1n) is 4.73. The summed E-state index contributed by atoms with van der Waals surface area (Å²) >= 11 is 6.42. The van der Waals surface area contributed by atoms with Crippen molar-refractivity contribution in [2.75, 3.05) is 12.3 Å². The first kappa shape index (κ1) is 10.6. The van der Waals surface area contributed by atoms with Gasteiger partial charge in [0.25, 0.3) is 0 Å². The molecule has 0 unspecified atom stereocenters. The fraction of sp³-hybridized carbons (Fsp3) is 0.556. The first-order valence-corrected chi connectivity index (χ1v) is 5.95. The molecule has 1 aromatic heterocycles. The Morgan fingerprint density at radius 3 is 3.07 bits per heavy atom. The highest BCUT2D eigenvalue weighted by atomic mass is 32.1. The van der Waals surface area contributed by atoms with Crippen molar-refractivity contribution in [3.63, 3.8) is 0 Å². The molecule has 0 bridgehead atoms. The first-order chi connectivity index (χ1) is 7.22. The molecule has 1 atom stereocenters. The maximum Gasteiger partial charge on any atom is 0.164 e. The van der Waals surface area contributed by atoms with Gasteiger partial charge >= 0.3 is 0 Å². The zero-order valence-corrected chi connectivity index (χ0v) is 9.74. The maximum absolute atomic E-state index is 8.81. The van der Waals surface area contributed by atoms with Crippen LogP contribution in [0.3, 0.4) is 0 Å². The molecule has 1 aliphatic heterocycles. The second-order valence-corrected chi connectivity index (χ2v) is 5.08. The van der Waals surface area contributed by atoms with E-state index in [0.717, 1.165) is 19.4 Å². The van der Waals surface area contributed by atoms with E-state index < -0.39 is 0 Å². The lowest BCUT2D eigenvalue weighted by atomic mass is 10.2. The molecule has 15 heavy (non-hydrogen) atoms. The van der Waals surface area contributed by atoms with Crippen LogP contribution >= 0.6 is 23.6 Å². The Balaban J connectivity index is 2.24. The lowest BCUT2D eigenvalue weighted by molar-refractivity contribution is 0.0974. The van der Waals surface area contributed by atoms with E-state index in [1.807, 2.05) is 6.07 Å². The van der Waals surface area contributed by atoms with Gasteiger partial charge in [-0.3, -0.25) is 0 Å². The molecule has 0 spiro atoms. The SMILES string of the molecule is N#Cc1sc(=S)n(C[C@@H]2CCCO2)c1N. The molecule has 2 rings (SSSR count). The fourth-order valence-corrected chi connectivity index (χ4v) is 2.80. The Kier molecular flexibility index (Phi) is 3.05. The summed E-state index contributed by atoms with van der Waals surface area (Å²) in [6, 6.07) is 2.05. The Morgan fingerprint density at radius 1 is 1.73 bits per heavy atom. The van der Waals surface area contributed by atoms with Crippen LogP contribution in [-0.2, 0) is 11.3 Å². The molecule has 0 aromatic carbocycles. The summed E-state index contributed by atoms with van der Waals surface area (Å²) in [6.07, 6.45) is 2.33. The van der Waals surface area contributed by atoms with Crippen molar-refractivity contribution in [3.05, 3.63) is 8.83 Å². The average Bonchev–Trinajstić information content (AvgIpc) is 2.81. The molecule has 1 fully saturated rings. The monoisotopic (exact) mass is 241 g/mol. The number of nitriles is 1. The third-order valence-electron chi connectivity index (χ3n) is 2.44. The van der Waals surface area contributed by atoms with Crippen LogP contribution in [0.1, 0.15) is 17.7 Å². The van der Waals surface area contributed by atoms with Gasteiger partial charge < -0.3 is 15.0 Å². The number of nitrogens with two attached hydrogens (primary N) is 1. The normalized spacial score (nSPS) is 20.3. The van der Waals surface area contributed by atoms with Gasteiger partial charge in [0.05, 0.1) is 12.6 Å². The molecule has 1 aliphatic rings. The minimum atomic E-state index is 0.195. The number of thiazole rings is 1. The largest absolute Gasteiger partial charge is 0.383 e. The van der Waals surface area contributed by atoms with Crippen LogP contribution in [0.15, 0.2) is 0 Å². The van der Waals surface area contributed by atoms with Gasteiger partial charge in [-0.15, -0.1) is 0 Å². The van der Waals surface area contributed by atoms with Crippen molar-refractivity contribution in [1.29, 1.82) is 5.26 Å². The highest BCUT2D eigenvalue weighted by molar-refractivity contribution is 7.73. The van der Waals surface area contributed by atoms with Crippen molar-refractivity contribution in [2.24, 2.45) is 0 Å². The molecule has 4 nitrogen and oxygen atoms in total. The molecule has 80 valence electrons. The summed E-state index contributed by atoms with van der Waals surface area (Å²) in [7, 11) is 0. The van der Waals surface area contributed by atoms with E-state index in [-0.39, 0.29) is 6.10 Å². The zero-order chi connectivity index (χ0) is 10.8. The van der Waals surface area contributed by atoms with Crippen molar-refractivity contribution < 1.29 is 4.74 Å². The lowest BCUT2D eigenvalue weighted by Gasteiger charge is -2.11. The molecule has 6 heteroatoms. The van der Waals surface area contributed by atoms with Crippen LogP contribution in [0, 0.1) is 15.3 Å². The van der Waals surface area contributed by atoms with Gasteiger partial charge in [-0.05, 0) is 25.1 Å². The quantitative estimate of drug-likeness (QED) is 0.803. The summed E-state index contributed by atoms with van der Waals surface area (Å²) in [5.74, 6) is 0.475. The number of hydrogen-bond acceptors (Lipinski definition) is 5. The maximum atomic E-state index is 8.81. The summed E-state index contributed by atoms with van der Waals surface area (Å²) in [6.45, 7) is 1.48. The number of nitrogen functional groups attached to an aromatic ring is 1. The molecule has 0 radical (unpaired) electrons. The van der Waals surface area contributed by atoms with E-state index in [0.29, 0.717) is 21.2 Å². The molecular weight excluding hydrogens is 230 g/mol. The third kappa shape index (κ3) is 2.04. The number of aromatic nitrogens is 1. The number of rotatable bonds is 2. The summed E-state index contributed by atoms with van der Waals surface area (Å²) < 4.78 is 7.96. The van der Waals surface area contributed by atoms with Gasteiger partial charge in [-0.1, -0.05) is 11.3 Å². The van der Waals surface area contributed by atoms with E-state index in [2.05, 4.69) is 0 Å². The Labute approximate surface area is 96.9 Å². The van der Waals surface area contributed by atoms with E-state index in [1.54, 1.807) is 4.57 Å². The highest BCUT2D eigenvalue weighted by Crippen LogP contribution is 2.23. The van der Waals surface area contributed by atoms with E-state index in [4.69, 9.17) is 28.0 Å². The summed E-state index contributed by atoms with van der Waals surface area (Å²) in [4.78, 5) is 0.498. The van der Waals surface area contributed by atoms with Gasteiger partial charge in [-0.2, -0.15) is 5.26 Å². The number of ether oxygens (including phenoxy) is 1. The van der Waals surface area contributed by atoms with Crippen LogP contribution in [0.5, 0.6) is 0 Å². The molecule has 0 amide bonds. The molecule has 0 aliphatic carbocycles. The van der Waals surface area contributed by atoms with Crippen LogP contribution in [0.4, 0.5) is 5.82 Å². The summed E-state index contributed by atoms with van der Waals surface area (Å²) in [5.41, 5.74) is 5.82. The lowest BCUT2D eigenvalue weighted by Crippen LogP contribution is -2.16. The smallest absolute Gasteiger partial charge is 0.164 e. The number of hydrogen-bond donors (Lipinski definition) is 1. The van der Waals surface area contributed by atoms with Crippen molar-refractivity contribution in [1.82, 2.24) is 4.57 Å². The Morgan fingerprint density at radius 2 is 2.53 bits per heavy atom. The topological polar surface area (TPSA) is 64.0 Å². The summed E-state index contributed by atoms with van der Waals surface area (Å²) in [5, 5.41) is 8.81. The predicted molar refractivity (Wildman–Crippen MR) is 61.2 cm³/mol. The van der Waals surface area contributed by atoms with E-state index >= 15 is 0 Å². The third-order valence-corrected chi connectivity index (χ3v) is 3.81. The molecule has 1 saturated heterocycles. The van der Waals surface area contributed by atoms with E-state index in [9.17, 15) is 0 Å². The zero-order valence-electron chi connectivity index (χ0n) is 8.10. The number of nitrogens with zero attached hydrogens (tertiary/aromatic N) is 2. The van der Waals surface area contributed by atoms with Crippen LogP contribution in [-0.4, -0.2) is 17.3 Å². The standard InChI is InChI=1S/C9H11N3OS2/c10-4-7-8(11)12(9(14)15-7)5-6-2-1-3-13-6/h6H,1-3,5,11H2/t6-/m0/s1. The second kappa shape index (κ2) is 4.31. The van der Waals surface area contributed by atoms with Crippen molar-refractivity contribution >= 4 is 29.4 Å². The van der Waals surface area contributed by atoms with Crippen molar-refractivity contribution in [2.45, 2.75) is 25.5 Å². The molecule has 0 saturated carbocycles. The van der Waals surface area contributed by atoms with Gasteiger partial charge in [0.2, 0.25) is 0 Å². The molecule has 1 aromatic rings. The predicted octanol–water partition coefficient (Wildman–Crippen LogP) is 1.91. The van der Waals surface area contributed by atoms with Crippen LogP contribution in [0.2, 0.25) is 0 Å². The van der Waals surface area contributed by atoms with Gasteiger partial charge in [0, 0.05) is 6.61 Å². The Bertz CT molecular complexity index is 451. The second-order valence-electron chi connectivity index (χ2n) is 3.44. The fourth-order valence-electron chi connectivity index (χ4n) is 1.66. The minimum absolute atomic E-state index is 0.195. The molecule has 2 heterocycles. The average molecular weight is 241 g/mol. The van der Waals surface area contributed by atoms with Gasteiger partial charge in [-0.25, -0.2) is 0 Å². The van der Waals surface area contributed by atoms with E-state index in [1.165, 1.54) is 11.3 Å². The minimum Gasteiger partial charge on any atom is -0.383 e. The Hall–Kier alpha value is -0.900. The molecule has 2 N–H and O–H groups in total. The highest BCUT2D eigenvalue weighted by Gasteiger charge is 2.18. The van der Waals surface area contributed by atoms with Crippen molar-refractivity contribution in [3.8, 4) is 6.07 Å².